The number of hydrogen-bond acceptors (Lipinski definition) is 4. The van der Waals surface area contributed by atoms with Crippen molar-refractivity contribution in [3.63, 3.8) is 0 Å². The largest absolute Gasteiger partial charge is 0.472 e. The Hall–Kier alpha value is -1.57. The van der Waals surface area contributed by atoms with Crippen LogP contribution in [0.15, 0.2) is 35.1 Å². The van der Waals surface area contributed by atoms with Crippen LogP contribution in [0.25, 0.3) is 0 Å². The van der Waals surface area contributed by atoms with Crippen LogP contribution in [0.4, 0.5) is 0 Å². The highest BCUT2D eigenvalue weighted by Crippen LogP contribution is 2.17. The Kier molecular flexibility index (Phi) is 3.40. The number of nitrogens with zero attached hydrogens (tertiary/aromatic N) is 1. The lowest BCUT2D eigenvalue weighted by molar-refractivity contribution is 0.540. The molecule has 82 valence electrons. The zero-order valence-electron chi connectivity index (χ0n) is 8.93. The van der Waals surface area contributed by atoms with Gasteiger partial charge < -0.3 is 9.73 Å². The zero-order valence-corrected chi connectivity index (χ0v) is 9.75. The molecule has 0 saturated carbocycles. The Morgan fingerprint density at radius 3 is 3.00 bits per heavy atom. The minimum Gasteiger partial charge on any atom is -0.472 e. The van der Waals surface area contributed by atoms with Gasteiger partial charge >= 0.3 is 0 Å². The molecule has 0 saturated heterocycles. The van der Waals surface area contributed by atoms with E-state index in [0.29, 0.717) is 0 Å². The first-order chi connectivity index (χ1) is 7.79. The minimum atomic E-state index is 0.256. The van der Waals surface area contributed by atoms with Crippen molar-refractivity contribution in [3.8, 4) is 6.07 Å². The van der Waals surface area contributed by atoms with Gasteiger partial charge in [-0.15, -0.1) is 11.3 Å². The van der Waals surface area contributed by atoms with Crippen LogP contribution in [-0.2, 0) is 6.54 Å². The molecule has 0 bridgehead atoms. The van der Waals surface area contributed by atoms with Crippen LogP contribution in [-0.4, -0.2) is 0 Å². The van der Waals surface area contributed by atoms with E-state index in [0.717, 1.165) is 17.0 Å². The lowest BCUT2D eigenvalue weighted by atomic mass is 10.2. The maximum atomic E-state index is 8.71. The van der Waals surface area contributed by atoms with Gasteiger partial charge in [-0.05, 0) is 25.1 Å². The number of nitriles is 1. The van der Waals surface area contributed by atoms with E-state index in [4.69, 9.17) is 9.68 Å². The molecule has 2 aromatic heterocycles. The summed E-state index contributed by atoms with van der Waals surface area (Å²) in [7, 11) is 0. The van der Waals surface area contributed by atoms with Crippen molar-refractivity contribution in [1.29, 1.82) is 5.26 Å². The second-order valence-corrected chi connectivity index (χ2v) is 4.71. The fourth-order valence-electron chi connectivity index (χ4n) is 1.43. The Labute approximate surface area is 98.3 Å². The first-order valence-corrected chi connectivity index (χ1v) is 5.85. The van der Waals surface area contributed by atoms with E-state index in [2.05, 4.69) is 18.3 Å². The molecule has 3 nitrogen and oxygen atoms in total. The van der Waals surface area contributed by atoms with E-state index in [1.165, 1.54) is 16.2 Å². The maximum Gasteiger partial charge on any atom is 0.110 e. The summed E-state index contributed by atoms with van der Waals surface area (Å²) in [6.07, 6.45) is 3.42. The van der Waals surface area contributed by atoms with Crippen LogP contribution in [0.2, 0.25) is 0 Å². The molecule has 1 unspecified atom stereocenters. The lowest BCUT2D eigenvalue weighted by Crippen LogP contribution is -2.16. The van der Waals surface area contributed by atoms with Gasteiger partial charge in [0.15, 0.2) is 0 Å². The van der Waals surface area contributed by atoms with E-state index in [9.17, 15) is 0 Å². The molecule has 0 aliphatic heterocycles. The van der Waals surface area contributed by atoms with Crippen molar-refractivity contribution in [2.24, 2.45) is 0 Å². The molecule has 1 atom stereocenters. The summed E-state index contributed by atoms with van der Waals surface area (Å²) in [5, 5.41) is 12.1. The molecule has 1 N–H and O–H groups in total. The molecule has 2 rings (SSSR count). The first kappa shape index (κ1) is 10.9. The van der Waals surface area contributed by atoms with Gasteiger partial charge in [0, 0.05) is 23.0 Å². The summed E-state index contributed by atoms with van der Waals surface area (Å²) in [6, 6.07) is 8.18. The van der Waals surface area contributed by atoms with Crippen molar-refractivity contribution >= 4 is 11.3 Å². The van der Waals surface area contributed by atoms with Crippen molar-refractivity contribution in [2.75, 3.05) is 0 Å². The molecule has 0 fully saturated rings. The van der Waals surface area contributed by atoms with Crippen molar-refractivity contribution in [3.05, 3.63) is 46.0 Å². The zero-order chi connectivity index (χ0) is 11.4. The lowest BCUT2D eigenvalue weighted by Gasteiger charge is -2.10. The average molecular weight is 232 g/mol. The SMILES string of the molecule is CC(NCc1ccc(C#N)s1)c1ccoc1. The fraction of sp³-hybridized carbons (Fsp3) is 0.250. The molecule has 0 radical (unpaired) electrons. The molecular weight excluding hydrogens is 220 g/mol. The van der Waals surface area contributed by atoms with Crippen LogP contribution in [0.1, 0.15) is 28.3 Å². The third-order valence-corrected chi connectivity index (χ3v) is 3.39. The molecule has 0 aromatic carbocycles. The highest BCUT2D eigenvalue weighted by Gasteiger charge is 2.06. The molecule has 4 heteroatoms. The van der Waals surface area contributed by atoms with Crippen LogP contribution in [0.5, 0.6) is 0 Å². The van der Waals surface area contributed by atoms with Crippen LogP contribution in [0, 0.1) is 11.3 Å². The normalized spacial score (nSPS) is 12.2. The summed E-state index contributed by atoms with van der Waals surface area (Å²) in [5.41, 5.74) is 1.14. The van der Waals surface area contributed by atoms with Gasteiger partial charge in [0.05, 0.1) is 12.5 Å². The molecule has 0 spiro atoms. The minimum absolute atomic E-state index is 0.256. The molecular formula is C12H12N2OS. The van der Waals surface area contributed by atoms with Crippen molar-refractivity contribution in [1.82, 2.24) is 5.32 Å². The van der Waals surface area contributed by atoms with Gasteiger partial charge in [-0.3, -0.25) is 0 Å². The van der Waals surface area contributed by atoms with Crippen LogP contribution in [0.3, 0.4) is 0 Å². The molecule has 0 aliphatic rings. The molecule has 0 aliphatic carbocycles. The van der Waals surface area contributed by atoms with E-state index in [1.54, 1.807) is 12.5 Å². The average Bonchev–Trinajstić information content (AvgIpc) is 2.96. The van der Waals surface area contributed by atoms with Gasteiger partial charge in [-0.1, -0.05) is 0 Å². The fourth-order valence-corrected chi connectivity index (χ4v) is 2.18. The third-order valence-electron chi connectivity index (χ3n) is 2.40. The maximum absolute atomic E-state index is 8.71. The third kappa shape index (κ3) is 2.51. The summed E-state index contributed by atoms with van der Waals surface area (Å²) in [6.45, 7) is 2.86. The second-order valence-electron chi connectivity index (χ2n) is 3.54. The summed E-state index contributed by atoms with van der Waals surface area (Å²) in [5.74, 6) is 0. The number of furan rings is 1. The number of hydrogen-bond donors (Lipinski definition) is 1. The van der Waals surface area contributed by atoms with Gasteiger partial charge in [-0.25, -0.2) is 0 Å². The van der Waals surface area contributed by atoms with E-state index in [-0.39, 0.29) is 6.04 Å². The Morgan fingerprint density at radius 1 is 1.50 bits per heavy atom. The smallest absolute Gasteiger partial charge is 0.110 e. The van der Waals surface area contributed by atoms with E-state index < -0.39 is 0 Å². The predicted molar refractivity (Wildman–Crippen MR) is 63.0 cm³/mol. The Morgan fingerprint density at radius 2 is 2.38 bits per heavy atom. The Balaban J connectivity index is 1.90. The number of nitrogens with one attached hydrogen (secondary N) is 1. The van der Waals surface area contributed by atoms with Crippen LogP contribution >= 0.6 is 11.3 Å². The monoisotopic (exact) mass is 232 g/mol. The number of thiophene rings is 1. The topological polar surface area (TPSA) is 49.0 Å². The molecule has 2 aromatic rings. The van der Waals surface area contributed by atoms with Crippen molar-refractivity contribution in [2.45, 2.75) is 19.5 Å². The summed E-state index contributed by atoms with van der Waals surface area (Å²) < 4.78 is 5.03. The van der Waals surface area contributed by atoms with Crippen LogP contribution < -0.4 is 5.32 Å². The standard InChI is InChI=1S/C12H12N2OS/c1-9(10-4-5-15-8-10)14-7-12-3-2-11(6-13)16-12/h2-5,8-9,14H,7H2,1H3. The Bertz CT molecular complexity index is 481. The highest BCUT2D eigenvalue weighted by molar-refractivity contribution is 7.12. The second kappa shape index (κ2) is 4.97. The van der Waals surface area contributed by atoms with Gasteiger partial charge in [0.2, 0.25) is 0 Å². The van der Waals surface area contributed by atoms with Gasteiger partial charge in [-0.2, -0.15) is 5.26 Å². The summed E-state index contributed by atoms with van der Waals surface area (Å²) >= 11 is 1.53. The van der Waals surface area contributed by atoms with E-state index >= 15 is 0 Å². The predicted octanol–water partition coefficient (Wildman–Crippen LogP) is 3.06. The quantitative estimate of drug-likeness (QED) is 0.881. The molecule has 0 amide bonds. The highest BCUT2D eigenvalue weighted by atomic mass is 32.1. The molecule has 16 heavy (non-hydrogen) atoms. The first-order valence-electron chi connectivity index (χ1n) is 5.04. The van der Waals surface area contributed by atoms with Gasteiger partial charge in [0.25, 0.3) is 0 Å². The van der Waals surface area contributed by atoms with Crippen molar-refractivity contribution < 1.29 is 4.42 Å². The van der Waals surface area contributed by atoms with E-state index in [1.807, 2.05) is 18.2 Å². The summed E-state index contributed by atoms with van der Waals surface area (Å²) in [4.78, 5) is 1.93. The number of rotatable bonds is 4. The van der Waals surface area contributed by atoms with Gasteiger partial charge in [0.1, 0.15) is 10.9 Å². The molecule has 2 heterocycles.